The van der Waals surface area contributed by atoms with Gasteiger partial charge in [0, 0.05) is 54.8 Å². The Hall–Kier alpha value is -3.28. The Bertz CT molecular complexity index is 1510. The zero-order valence-corrected chi connectivity index (χ0v) is 23.8. The van der Waals surface area contributed by atoms with Crippen molar-refractivity contribution in [3.05, 3.63) is 101 Å². The van der Waals surface area contributed by atoms with Crippen LogP contribution < -0.4 is 10.6 Å². The molecular formula is C31H33F4N3O3S. The number of rotatable bonds is 8. The molecule has 42 heavy (non-hydrogen) atoms. The first-order valence-corrected chi connectivity index (χ1v) is 15.7. The number of carbonyl (C=O) groups is 1. The lowest BCUT2D eigenvalue weighted by molar-refractivity contribution is -0.116. The molecule has 0 aromatic heterocycles. The molecule has 224 valence electrons. The smallest absolute Gasteiger partial charge is 0.225 e. The Balaban J connectivity index is 1.34. The molecule has 0 radical (unpaired) electrons. The zero-order valence-electron chi connectivity index (χ0n) is 23.0. The van der Waals surface area contributed by atoms with E-state index in [9.17, 15) is 26.4 Å². The van der Waals surface area contributed by atoms with Crippen molar-refractivity contribution in [3.63, 3.8) is 0 Å². The molecule has 1 unspecified atom stereocenters. The van der Waals surface area contributed by atoms with E-state index < -0.39 is 45.1 Å². The van der Waals surface area contributed by atoms with E-state index in [0.717, 1.165) is 31.0 Å². The number of anilines is 1. The van der Waals surface area contributed by atoms with Crippen molar-refractivity contribution in [2.45, 2.75) is 56.5 Å². The number of piperazine rings is 1. The molecule has 2 bridgehead atoms. The van der Waals surface area contributed by atoms with E-state index in [1.807, 2.05) is 0 Å². The summed E-state index contributed by atoms with van der Waals surface area (Å²) < 4.78 is 84.3. The van der Waals surface area contributed by atoms with Gasteiger partial charge in [0.15, 0.2) is 0 Å². The van der Waals surface area contributed by atoms with Gasteiger partial charge >= 0.3 is 0 Å². The van der Waals surface area contributed by atoms with Crippen LogP contribution in [0.3, 0.4) is 0 Å². The third-order valence-corrected chi connectivity index (χ3v) is 10.0. The van der Waals surface area contributed by atoms with Gasteiger partial charge < -0.3 is 10.6 Å². The molecule has 2 fully saturated rings. The number of benzene rings is 3. The number of amides is 1. The van der Waals surface area contributed by atoms with Gasteiger partial charge in [-0.15, -0.1) is 0 Å². The van der Waals surface area contributed by atoms with Gasteiger partial charge in [-0.1, -0.05) is 24.6 Å². The van der Waals surface area contributed by atoms with E-state index in [0.29, 0.717) is 31.5 Å². The molecule has 3 aromatic carbocycles. The summed E-state index contributed by atoms with van der Waals surface area (Å²) in [5.74, 6) is -3.88. The van der Waals surface area contributed by atoms with Gasteiger partial charge in [-0.05, 0) is 73.2 Å². The molecule has 0 saturated carbocycles. The third kappa shape index (κ3) is 7.19. The lowest BCUT2D eigenvalue weighted by Gasteiger charge is -2.41. The summed E-state index contributed by atoms with van der Waals surface area (Å²) in [6.07, 6.45) is 2.65. The van der Waals surface area contributed by atoms with Gasteiger partial charge in [0.2, 0.25) is 15.9 Å². The average Bonchev–Trinajstić information content (AvgIpc) is 2.93. The van der Waals surface area contributed by atoms with Crippen molar-refractivity contribution >= 4 is 21.6 Å². The number of carbonyl (C=O) groups excluding carboxylic acids is 1. The standard InChI is InChI=1S/C31H33F4N3O3S/c32-22-9-7-20(8-10-22)28(21-14-23(33)16-24(34)15-21)17-31(39)37-30-6-3-5-29(35)27(30)12-11-26-18-36-25-4-1-2-13-42(40,41)38(26)19-25/h3,5-10,14-16,25-26,28,36H,1-2,4,11-13,17-19H2,(H,37,39)/t25-,26+,28+/m1/s1. The fourth-order valence-corrected chi connectivity index (χ4v) is 7.78. The fraction of sp³-hybridized carbons (Fsp3) is 0.387. The topological polar surface area (TPSA) is 78.5 Å². The van der Waals surface area contributed by atoms with Crippen molar-refractivity contribution in [3.8, 4) is 0 Å². The molecule has 0 aliphatic carbocycles. The summed E-state index contributed by atoms with van der Waals surface area (Å²) in [5.41, 5.74) is 1.16. The van der Waals surface area contributed by atoms with Crippen LogP contribution in [0.25, 0.3) is 0 Å². The maximum absolute atomic E-state index is 15.1. The number of fused-ring (bicyclic) bond motifs is 2. The van der Waals surface area contributed by atoms with Gasteiger partial charge in [0.25, 0.3) is 0 Å². The summed E-state index contributed by atoms with van der Waals surface area (Å²) >= 11 is 0. The highest BCUT2D eigenvalue weighted by Gasteiger charge is 2.37. The minimum atomic E-state index is -3.43. The SMILES string of the molecule is O=C(C[C@@H](c1ccc(F)cc1)c1cc(F)cc(F)c1)Nc1cccc(F)c1CC[C@H]1CN[C@@H]2CCCCS(=O)(=O)N1C2. The average molecular weight is 604 g/mol. The molecule has 5 rings (SSSR count). The molecule has 2 aliphatic rings. The number of halogens is 4. The Morgan fingerprint density at radius 1 is 0.952 bits per heavy atom. The predicted molar refractivity (Wildman–Crippen MR) is 152 cm³/mol. The third-order valence-electron chi connectivity index (χ3n) is 8.08. The van der Waals surface area contributed by atoms with Crippen LogP contribution in [0.4, 0.5) is 23.2 Å². The minimum absolute atomic E-state index is 0.0975. The maximum atomic E-state index is 15.1. The fourth-order valence-electron chi connectivity index (χ4n) is 5.93. The molecule has 0 spiro atoms. The lowest BCUT2D eigenvalue weighted by atomic mass is 9.88. The van der Waals surface area contributed by atoms with Crippen LogP contribution in [-0.2, 0) is 21.2 Å². The molecule has 1 amide bonds. The van der Waals surface area contributed by atoms with Gasteiger partial charge in [0.1, 0.15) is 23.3 Å². The second-order valence-corrected chi connectivity index (χ2v) is 13.0. The Labute approximate surface area is 243 Å². The van der Waals surface area contributed by atoms with Crippen molar-refractivity contribution in [1.29, 1.82) is 0 Å². The quantitative estimate of drug-likeness (QED) is 0.334. The van der Waals surface area contributed by atoms with Crippen LogP contribution in [0, 0.1) is 23.3 Å². The highest BCUT2D eigenvalue weighted by atomic mass is 32.2. The van der Waals surface area contributed by atoms with Crippen LogP contribution in [-0.4, -0.2) is 49.6 Å². The Morgan fingerprint density at radius 3 is 2.43 bits per heavy atom. The Morgan fingerprint density at radius 2 is 1.69 bits per heavy atom. The number of hydrogen-bond donors (Lipinski definition) is 2. The van der Waals surface area contributed by atoms with Crippen molar-refractivity contribution in [2.75, 3.05) is 24.2 Å². The second-order valence-electron chi connectivity index (χ2n) is 11.0. The number of sulfonamides is 1. The van der Waals surface area contributed by atoms with E-state index in [4.69, 9.17) is 0 Å². The zero-order chi connectivity index (χ0) is 29.9. The first-order valence-electron chi connectivity index (χ1n) is 14.1. The molecule has 2 N–H and O–H groups in total. The number of nitrogens with one attached hydrogen (secondary N) is 2. The van der Waals surface area contributed by atoms with Gasteiger partial charge in [-0.3, -0.25) is 4.79 Å². The summed E-state index contributed by atoms with van der Waals surface area (Å²) in [4.78, 5) is 13.3. The first kappa shape index (κ1) is 30.2. The summed E-state index contributed by atoms with van der Waals surface area (Å²) in [6.45, 7) is 0.850. The molecule has 2 heterocycles. The van der Waals surface area contributed by atoms with Crippen LogP contribution in [0.5, 0.6) is 0 Å². The lowest BCUT2D eigenvalue weighted by Crippen LogP contribution is -2.59. The van der Waals surface area contributed by atoms with Crippen molar-refractivity contribution in [2.24, 2.45) is 0 Å². The molecule has 11 heteroatoms. The van der Waals surface area contributed by atoms with E-state index in [2.05, 4.69) is 10.6 Å². The highest BCUT2D eigenvalue weighted by Crippen LogP contribution is 2.31. The number of hydrogen-bond acceptors (Lipinski definition) is 4. The normalized spacial score (nSPS) is 22.5. The minimum Gasteiger partial charge on any atom is -0.326 e. The van der Waals surface area contributed by atoms with Crippen LogP contribution in [0.15, 0.2) is 60.7 Å². The predicted octanol–water partition coefficient (Wildman–Crippen LogP) is 5.49. The second kappa shape index (κ2) is 12.9. The van der Waals surface area contributed by atoms with Crippen molar-refractivity contribution in [1.82, 2.24) is 9.62 Å². The molecule has 3 aromatic rings. The largest absolute Gasteiger partial charge is 0.326 e. The first-order chi connectivity index (χ1) is 20.1. The van der Waals surface area contributed by atoms with Crippen LogP contribution in [0.2, 0.25) is 0 Å². The molecule has 2 saturated heterocycles. The summed E-state index contributed by atoms with van der Waals surface area (Å²) in [6, 6.07) is 12.3. The van der Waals surface area contributed by atoms with E-state index in [-0.39, 0.29) is 47.5 Å². The van der Waals surface area contributed by atoms with E-state index in [1.165, 1.54) is 36.4 Å². The molecule has 4 atom stereocenters. The highest BCUT2D eigenvalue weighted by molar-refractivity contribution is 7.89. The van der Waals surface area contributed by atoms with Crippen LogP contribution >= 0.6 is 0 Å². The van der Waals surface area contributed by atoms with Gasteiger partial charge in [-0.25, -0.2) is 26.0 Å². The number of nitrogens with zero attached hydrogens (tertiary/aromatic N) is 1. The monoisotopic (exact) mass is 603 g/mol. The molecule has 6 nitrogen and oxygen atoms in total. The van der Waals surface area contributed by atoms with Crippen LogP contribution in [0.1, 0.15) is 54.7 Å². The maximum Gasteiger partial charge on any atom is 0.225 e. The van der Waals surface area contributed by atoms with Gasteiger partial charge in [-0.2, -0.15) is 4.31 Å². The van der Waals surface area contributed by atoms with E-state index >= 15 is 4.39 Å². The van der Waals surface area contributed by atoms with Gasteiger partial charge in [0.05, 0.1) is 5.75 Å². The summed E-state index contributed by atoms with van der Waals surface area (Å²) in [5, 5.41) is 6.16. The van der Waals surface area contributed by atoms with E-state index in [1.54, 1.807) is 10.4 Å². The summed E-state index contributed by atoms with van der Waals surface area (Å²) in [7, 11) is -3.43. The van der Waals surface area contributed by atoms with Crippen molar-refractivity contribution < 1.29 is 30.8 Å². The molecule has 2 aliphatic heterocycles. The Kier molecular flexibility index (Phi) is 9.29. The molecular weight excluding hydrogens is 570 g/mol.